The lowest BCUT2D eigenvalue weighted by molar-refractivity contribution is -0.118. The number of fused-ring (bicyclic) bond motifs is 1. The van der Waals surface area contributed by atoms with Crippen LogP contribution in [0.1, 0.15) is 48.0 Å². The third-order valence-corrected chi connectivity index (χ3v) is 8.27. The summed E-state index contributed by atoms with van der Waals surface area (Å²) in [6.45, 7) is 2.14. The summed E-state index contributed by atoms with van der Waals surface area (Å²) in [6.07, 6.45) is 4.16. The molecule has 2 aliphatic rings. The highest BCUT2D eigenvalue weighted by atomic mass is 32.2. The van der Waals surface area contributed by atoms with Crippen molar-refractivity contribution in [2.45, 2.75) is 43.4 Å². The minimum atomic E-state index is -3.48. The maximum absolute atomic E-state index is 12.9. The number of methoxy groups -OCH3 is 1. The van der Waals surface area contributed by atoms with Gasteiger partial charge in [-0.3, -0.25) is 9.59 Å². The van der Waals surface area contributed by atoms with Gasteiger partial charge in [0.2, 0.25) is 15.9 Å². The van der Waals surface area contributed by atoms with E-state index >= 15 is 0 Å². The van der Waals surface area contributed by atoms with E-state index in [9.17, 15) is 18.0 Å². The van der Waals surface area contributed by atoms with Crippen molar-refractivity contribution in [3.8, 4) is 5.75 Å². The number of benzene rings is 2. The van der Waals surface area contributed by atoms with Gasteiger partial charge in [0, 0.05) is 43.9 Å². The van der Waals surface area contributed by atoms with Gasteiger partial charge in [-0.25, -0.2) is 8.42 Å². The molecule has 0 atom stereocenters. The molecule has 2 aromatic rings. The number of nitrogens with one attached hydrogen (secondary N) is 1. The maximum Gasteiger partial charge on any atom is 0.251 e. The minimum Gasteiger partial charge on any atom is -0.497 e. The molecule has 0 aromatic heterocycles. The van der Waals surface area contributed by atoms with Gasteiger partial charge in [0.1, 0.15) is 5.75 Å². The topological polar surface area (TPSA) is 96.0 Å². The van der Waals surface area contributed by atoms with Crippen molar-refractivity contribution < 1.29 is 22.7 Å². The van der Waals surface area contributed by atoms with Crippen molar-refractivity contribution in [1.29, 1.82) is 0 Å². The van der Waals surface area contributed by atoms with Crippen molar-refractivity contribution in [2.75, 3.05) is 38.2 Å². The first-order valence-electron chi connectivity index (χ1n) is 11.8. The van der Waals surface area contributed by atoms with Crippen LogP contribution >= 0.6 is 0 Å². The third kappa shape index (κ3) is 5.26. The van der Waals surface area contributed by atoms with Crippen LogP contribution in [0.2, 0.25) is 0 Å². The molecule has 2 aromatic carbocycles. The molecule has 34 heavy (non-hydrogen) atoms. The van der Waals surface area contributed by atoms with Crippen LogP contribution in [0.25, 0.3) is 0 Å². The number of carbonyl (C=O) groups is 2. The molecule has 2 amide bonds. The summed E-state index contributed by atoms with van der Waals surface area (Å²) in [5.41, 5.74) is 2.23. The first-order valence-corrected chi connectivity index (χ1v) is 13.2. The first-order chi connectivity index (χ1) is 16.4. The predicted octanol–water partition coefficient (Wildman–Crippen LogP) is 2.97. The normalized spacial score (nSPS) is 16.2. The second-order valence-electron chi connectivity index (χ2n) is 8.64. The highest BCUT2D eigenvalue weighted by Gasteiger charge is 2.29. The van der Waals surface area contributed by atoms with Crippen molar-refractivity contribution in [3.63, 3.8) is 0 Å². The fourth-order valence-electron chi connectivity index (χ4n) is 4.49. The Hall–Kier alpha value is -2.91. The summed E-state index contributed by atoms with van der Waals surface area (Å²) in [7, 11) is -1.91. The van der Waals surface area contributed by atoms with Crippen LogP contribution in [0.5, 0.6) is 5.75 Å². The Morgan fingerprint density at radius 2 is 1.74 bits per heavy atom. The summed E-state index contributed by atoms with van der Waals surface area (Å²) in [6, 6.07) is 12.0. The molecule has 9 heteroatoms. The van der Waals surface area contributed by atoms with E-state index in [0.717, 1.165) is 36.9 Å². The number of ether oxygens (including phenoxy) is 1. The Morgan fingerprint density at radius 1 is 1.00 bits per heavy atom. The summed E-state index contributed by atoms with van der Waals surface area (Å²) in [5, 5.41) is 2.84. The molecular formula is C25H31N3O5S. The fourth-order valence-corrected chi connectivity index (χ4v) is 6.06. The predicted molar refractivity (Wildman–Crippen MR) is 130 cm³/mol. The van der Waals surface area contributed by atoms with Crippen LogP contribution in [0.4, 0.5) is 5.69 Å². The summed E-state index contributed by atoms with van der Waals surface area (Å²) in [5.74, 6) is 0.477. The van der Waals surface area contributed by atoms with Crippen LogP contribution < -0.4 is 15.0 Å². The van der Waals surface area contributed by atoms with Crippen LogP contribution in [0.15, 0.2) is 47.4 Å². The summed E-state index contributed by atoms with van der Waals surface area (Å²) in [4.78, 5) is 27.2. The molecule has 1 N–H and O–H groups in total. The van der Waals surface area contributed by atoms with E-state index in [0.29, 0.717) is 55.2 Å². The Labute approximate surface area is 200 Å². The van der Waals surface area contributed by atoms with Gasteiger partial charge in [-0.2, -0.15) is 4.31 Å². The highest BCUT2D eigenvalue weighted by molar-refractivity contribution is 7.89. The van der Waals surface area contributed by atoms with Crippen molar-refractivity contribution in [1.82, 2.24) is 9.62 Å². The molecule has 0 bridgehead atoms. The summed E-state index contributed by atoms with van der Waals surface area (Å²) >= 11 is 0. The van der Waals surface area contributed by atoms with Gasteiger partial charge in [-0.15, -0.1) is 0 Å². The molecule has 0 radical (unpaired) electrons. The van der Waals surface area contributed by atoms with Crippen LogP contribution in [0, 0.1) is 0 Å². The van der Waals surface area contributed by atoms with E-state index in [1.165, 1.54) is 0 Å². The molecule has 1 saturated heterocycles. The fraction of sp³-hybridized carbons (Fsp3) is 0.440. The van der Waals surface area contributed by atoms with Gasteiger partial charge in [0.25, 0.3) is 5.91 Å². The number of rotatable bonds is 8. The standard InChI is InChI=1S/C25H31N3O5S/c1-33-21-10-8-19(9-11-21)25(30)26-14-4-7-24(29)28-17-5-6-20-18-22(12-13-23(20)28)34(31,32)27-15-2-3-16-27/h8-13,18H,2-7,14-17H2,1H3,(H,26,30). The summed E-state index contributed by atoms with van der Waals surface area (Å²) < 4.78 is 32.4. The third-order valence-electron chi connectivity index (χ3n) is 6.38. The lowest BCUT2D eigenvalue weighted by atomic mass is 10.0. The van der Waals surface area contributed by atoms with Crippen molar-refractivity contribution in [2.24, 2.45) is 0 Å². The number of carbonyl (C=O) groups excluding carboxylic acids is 2. The number of amides is 2. The van der Waals surface area contributed by atoms with E-state index < -0.39 is 10.0 Å². The Morgan fingerprint density at radius 3 is 2.44 bits per heavy atom. The average molecular weight is 486 g/mol. The minimum absolute atomic E-state index is 0.0187. The van der Waals surface area contributed by atoms with Gasteiger partial charge in [0.15, 0.2) is 0 Å². The molecule has 1 fully saturated rings. The molecule has 2 heterocycles. The van der Waals surface area contributed by atoms with Crippen LogP contribution in [-0.2, 0) is 21.2 Å². The molecule has 8 nitrogen and oxygen atoms in total. The monoisotopic (exact) mass is 485 g/mol. The number of aryl methyl sites for hydroxylation is 1. The molecule has 182 valence electrons. The number of anilines is 1. The molecule has 0 aliphatic carbocycles. The van der Waals surface area contributed by atoms with Gasteiger partial charge in [-0.1, -0.05) is 0 Å². The molecular weight excluding hydrogens is 454 g/mol. The van der Waals surface area contributed by atoms with E-state index in [-0.39, 0.29) is 11.8 Å². The average Bonchev–Trinajstić information content (AvgIpc) is 3.42. The number of hydrogen-bond donors (Lipinski definition) is 1. The Bertz CT molecular complexity index is 1140. The number of sulfonamides is 1. The molecule has 4 rings (SSSR count). The maximum atomic E-state index is 12.9. The lowest BCUT2D eigenvalue weighted by Gasteiger charge is -2.30. The molecule has 2 aliphatic heterocycles. The smallest absolute Gasteiger partial charge is 0.251 e. The molecule has 0 spiro atoms. The second kappa shape index (κ2) is 10.6. The van der Waals surface area contributed by atoms with E-state index in [1.807, 2.05) is 0 Å². The number of hydrogen-bond acceptors (Lipinski definition) is 5. The van der Waals surface area contributed by atoms with Crippen LogP contribution in [-0.4, -0.2) is 57.8 Å². The van der Waals surface area contributed by atoms with Crippen molar-refractivity contribution in [3.05, 3.63) is 53.6 Å². The zero-order valence-corrected chi connectivity index (χ0v) is 20.3. The van der Waals surface area contributed by atoms with Crippen molar-refractivity contribution >= 4 is 27.5 Å². The zero-order valence-electron chi connectivity index (χ0n) is 19.5. The Kier molecular flexibility index (Phi) is 7.53. The zero-order chi connectivity index (χ0) is 24.1. The van der Waals surface area contributed by atoms with E-state index in [4.69, 9.17) is 4.74 Å². The largest absolute Gasteiger partial charge is 0.497 e. The van der Waals surface area contributed by atoms with Gasteiger partial charge in [-0.05, 0) is 80.1 Å². The highest BCUT2D eigenvalue weighted by Crippen LogP contribution is 2.31. The van der Waals surface area contributed by atoms with Crippen LogP contribution in [0.3, 0.4) is 0 Å². The molecule has 0 unspecified atom stereocenters. The lowest BCUT2D eigenvalue weighted by Crippen LogP contribution is -2.36. The van der Waals surface area contributed by atoms with E-state index in [1.54, 1.807) is 58.8 Å². The first kappa shape index (κ1) is 24.2. The van der Waals surface area contributed by atoms with Gasteiger partial charge in [0.05, 0.1) is 12.0 Å². The van der Waals surface area contributed by atoms with E-state index in [2.05, 4.69) is 5.32 Å². The quantitative estimate of drug-likeness (QED) is 0.580. The second-order valence-corrected chi connectivity index (χ2v) is 10.6. The SMILES string of the molecule is COc1ccc(C(=O)NCCCC(=O)N2CCCc3cc(S(=O)(=O)N4CCCC4)ccc32)cc1. The van der Waals surface area contributed by atoms with Gasteiger partial charge >= 0.3 is 0 Å². The Balaban J connectivity index is 1.33. The van der Waals surface area contributed by atoms with Gasteiger partial charge < -0.3 is 15.0 Å². The molecule has 0 saturated carbocycles. The number of nitrogens with zero attached hydrogens (tertiary/aromatic N) is 2.